The van der Waals surface area contributed by atoms with Crippen LogP contribution in [0.2, 0.25) is 0 Å². The van der Waals surface area contributed by atoms with Crippen molar-refractivity contribution in [3.8, 4) is 12.3 Å². The fourth-order valence-corrected chi connectivity index (χ4v) is 1.62. The molecule has 0 aromatic rings. The summed E-state index contributed by atoms with van der Waals surface area (Å²) in [5, 5.41) is 3.44. The second-order valence-electron chi connectivity index (χ2n) is 3.61. The standard InChI is InChI=1S/C10H18N2/c1-4-5-6-12-8-9(2)11-7-10(12)3/h1,9-11H,5-8H2,2-3H3. The van der Waals surface area contributed by atoms with Gasteiger partial charge < -0.3 is 5.32 Å². The highest BCUT2D eigenvalue weighted by Gasteiger charge is 2.20. The lowest BCUT2D eigenvalue weighted by Gasteiger charge is -2.37. The molecule has 0 aromatic heterocycles. The number of rotatable bonds is 2. The minimum atomic E-state index is 0.610. The summed E-state index contributed by atoms with van der Waals surface area (Å²) in [5.41, 5.74) is 0. The van der Waals surface area contributed by atoms with Crippen molar-refractivity contribution in [2.75, 3.05) is 19.6 Å². The molecule has 0 aliphatic carbocycles. The van der Waals surface area contributed by atoms with Crippen molar-refractivity contribution >= 4 is 0 Å². The largest absolute Gasteiger partial charge is 0.311 e. The monoisotopic (exact) mass is 166 g/mol. The molecule has 1 saturated heterocycles. The molecule has 0 spiro atoms. The maximum Gasteiger partial charge on any atom is 0.0214 e. The molecule has 0 aromatic carbocycles. The molecule has 0 amide bonds. The Morgan fingerprint density at radius 3 is 3.00 bits per heavy atom. The van der Waals surface area contributed by atoms with E-state index in [1.165, 1.54) is 0 Å². The second kappa shape index (κ2) is 4.49. The molecule has 0 radical (unpaired) electrons. The summed E-state index contributed by atoms with van der Waals surface area (Å²) >= 11 is 0. The van der Waals surface area contributed by atoms with Crippen LogP contribution < -0.4 is 5.32 Å². The van der Waals surface area contributed by atoms with E-state index in [1.807, 2.05) is 0 Å². The van der Waals surface area contributed by atoms with Crippen molar-refractivity contribution in [2.24, 2.45) is 0 Å². The van der Waals surface area contributed by atoms with E-state index in [0.717, 1.165) is 26.1 Å². The third-order valence-electron chi connectivity index (χ3n) is 2.44. The Hall–Kier alpha value is -0.520. The first-order valence-electron chi connectivity index (χ1n) is 4.65. The second-order valence-corrected chi connectivity index (χ2v) is 3.61. The number of hydrogen-bond acceptors (Lipinski definition) is 2. The van der Waals surface area contributed by atoms with Crippen LogP contribution >= 0.6 is 0 Å². The molecule has 1 N–H and O–H groups in total. The molecule has 2 unspecified atom stereocenters. The molecule has 0 bridgehead atoms. The van der Waals surface area contributed by atoms with Crippen molar-refractivity contribution in [1.82, 2.24) is 10.2 Å². The average molecular weight is 166 g/mol. The molecule has 12 heavy (non-hydrogen) atoms. The molecule has 1 aliphatic heterocycles. The molecule has 2 atom stereocenters. The van der Waals surface area contributed by atoms with Gasteiger partial charge in [0.2, 0.25) is 0 Å². The van der Waals surface area contributed by atoms with Crippen LogP contribution in [0.5, 0.6) is 0 Å². The van der Waals surface area contributed by atoms with Gasteiger partial charge in [-0.25, -0.2) is 0 Å². The SMILES string of the molecule is C#CCCN1CC(C)NCC1C. The van der Waals surface area contributed by atoms with E-state index < -0.39 is 0 Å². The third kappa shape index (κ3) is 2.51. The van der Waals surface area contributed by atoms with Gasteiger partial charge in [0.1, 0.15) is 0 Å². The summed E-state index contributed by atoms with van der Waals surface area (Å²) < 4.78 is 0. The van der Waals surface area contributed by atoms with E-state index in [9.17, 15) is 0 Å². The van der Waals surface area contributed by atoms with Crippen LogP contribution in [0.25, 0.3) is 0 Å². The van der Waals surface area contributed by atoms with Gasteiger partial charge in [-0.1, -0.05) is 0 Å². The van der Waals surface area contributed by atoms with Gasteiger partial charge in [0.05, 0.1) is 0 Å². The molecular weight excluding hydrogens is 148 g/mol. The van der Waals surface area contributed by atoms with Crippen LogP contribution in [0, 0.1) is 12.3 Å². The third-order valence-corrected chi connectivity index (χ3v) is 2.44. The van der Waals surface area contributed by atoms with Crippen LogP contribution in [0.4, 0.5) is 0 Å². The van der Waals surface area contributed by atoms with Crippen LogP contribution in [0.3, 0.4) is 0 Å². The van der Waals surface area contributed by atoms with E-state index in [4.69, 9.17) is 6.42 Å². The first-order valence-corrected chi connectivity index (χ1v) is 4.65. The number of hydrogen-bond donors (Lipinski definition) is 1. The van der Waals surface area contributed by atoms with E-state index >= 15 is 0 Å². The van der Waals surface area contributed by atoms with Crippen molar-refractivity contribution in [2.45, 2.75) is 32.4 Å². The first kappa shape index (κ1) is 9.57. The Balaban J connectivity index is 2.34. The van der Waals surface area contributed by atoms with E-state index in [-0.39, 0.29) is 0 Å². The van der Waals surface area contributed by atoms with Crippen molar-refractivity contribution in [1.29, 1.82) is 0 Å². The van der Waals surface area contributed by atoms with Crippen LogP contribution in [0.15, 0.2) is 0 Å². The molecule has 68 valence electrons. The zero-order chi connectivity index (χ0) is 8.97. The van der Waals surface area contributed by atoms with Gasteiger partial charge in [-0.15, -0.1) is 12.3 Å². The highest BCUT2D eigenvalue weighted by Crippen LogP contribution is 2.06. The summed E-state index contributed by atoms with van der Waals surface area (Å²) in [6.45, 7) is 7.72. The van der Waals surface area contributed by atoms with Gasteiger partial charge in [0, 0.05) is 38.1 Å². The Bertz CT molecular complexity index is 171. The molecular formula is C10H18N2. The van der Waals surface area contributed by atoms with Gasteiger partial charge in [0.25, 0.3) is 0 Å². The maximum absolute atomic E-state index is 5.23. The topological polar surface area (TPSA) is 15.3 Å². The lowest BCUT2D eigenvalue weighted by Crippen LogP contribution is -2.54. The van der Waals surface area contributed by atoms with Crippen LogP contribution in [-0.4, -0.2) is 36.6 Å². The molecule has 1 rings (SSSR count). The van der Waals surface area contributed by atoms with Crippen molar-refractivity contribution in [3.05, 3.63) is 0 Å². The average Bonchev–Trinajstić information content (AvgIpc) is 2.07. The molecule has 2 nitrogen and oxygen atoms in total. The Labute approximate surface area is 75.3 Å². The molecule has 1 heterocycles. The minimum absolute atomic E-state index is 0.610. The normalized spacial score (nSPS) is 31.4. The van der Waals surface area contributed by atoms with Gasteiger partial charge in [0.15, 0.2) is 0 Å². The fourth-order valence-electron chi connectivity index (χ4n) is 1.62. The zero-order valence-corrected chi connectivity index (χ0v) is 8.01. The van der Waals surface area contributed by atoms with Gasteiger partial charge in [-0.05, 0) is 13.8 Å². The van der Waals surface area contributed by atoms with Crippen LogP contribution in [-0.2, 0) is 0 Å². The minimum Gasteiger partial charge on any atom is -0.311 e. The Kier molecular flexibility index (Phi) is 3.58. The quantitative estimate of drug-likeness (QED) is 0.607. The lowest BCUT2D eigenvalue weighted by atomic mass is 10.1. The summed E-state index contributed by atoms with van der Waals surface area (Å²) in [6, 6.07) is 1.24. The number of nitrogens with zero attached hydrogens (tertiary/aromatic N) is 1. The summed E-state index contributed by atoms with van der Waals surface area (Å²) in [6.07, 6.45) is 6.11. The molecule has 1 fully saturated rings. The zero-order valence-electron chi connectivity index (χ0n) is 8.01. The predicted molar refractivity (Wildman–Crippen MR) is 51.9 cm³/mol. The first-order chi connectivity index (χ1) is 5.74. The van der Waals surface area contributed by atoms with Gasteiger partial charge in [-0.2, -0.15) is 0 Å². The summed E-state index contributed by atoms with van der Waals surface area (Å²) in [7, 11) is 0. The fraction of sp³-hybridized carbons (Fsp3) is 0.800. The molecule has 1 aliphatic rings. The smallest absolute Gasteiger partial charge is 0.0214 e. The number of piperazine rings is 1. The summed E-state index contributed by atoms with van der Waals surface area (Å²) in [4.78, 5) is 2.46. The van der Waals surface area contributed by atoms with E-state index in [2.05, 4.69) is 30.0 Å². The van der Waals surface area contributed by atoms with Crippen LogP contribution in [0.1, 0.15) is 20.3 Å². The van der Waals surface area contributed by atoms with E-state index in [1.54, 1.807) is 0 Å². The number of terminal acetylenes is 1. The van der Waals surface area contributed by atoms with Gasteiger partial charge >= 0.3 is 0 Å². The highest BCUT2D eigenvalue weighted by atomic mass is 15.2. The van der Waals surface area contributed by atoms with Crippen molar-refractivity contribution < 1.29 is 0 Å². The molecule has 2 heteroatoms. The molecule has 0 saturated carbocycles. The van der Waals surface area contributed by atoms with Gasteiger partial charge in [-0.3, -0.25) is 4.90 Å². The highest BCUT2D eigenvalue weighted by molar-refractivity contribution is 4.88. The van der Waals surface area contributed by atoms with Crippen molar-refractivity contribution in [3.63, 3.8) is 0 Å². The Morgan fingerprint density at radius 2 is 2.33 bits per heavy atom. The van der Waals surface area contributed by atoms with E-state index in [0.29, 0.717) is 12.1 Å². The Morgan fingerprint density at radius 1 is 1.58 bits per heavy atom. The summed E-state index contributed by atoms with van der Waals surface area (Å²) in [5.74, 6) is 2.69. The number of nitrogens with one attached hydrogen (secondary N) is 1. The maximum atomic E-state index is 5.23. The lowest BCUT2D eigenvalue weighted by molar-refractivity contribution is 0.150. The predicted octanol–water partition coefficient (Wildman–Crippen LogP) is 0.692.